The van der Waals surface area contributed by atoms with Gasteiger partial charge < -0.3 is 15.4 Å². The van der Waals surface area contributed by atoms with Gasteiger partial charge in [0.15, 0.2) is 0 Å². The monoisotopic (exact) mass is 324 g/mol. The van der Waals surface area contributed by atoms with Crippen LogP contribution in [0.5, 0.6) is 0 Å². The first-order valence-electron chi connectivity index (χ1n) is 6.24. The second kappa shape index (κ2) is 7.63. The lowest BCUT2D eigenvalue weighted by molar-refractivity contribution is -0.137. The third-order valence-electron chi connectivity index (χ3n) is 2.89. The van der Waals surface area contributed by atoms with Crippen LogP contribution in [0.15, 0.2) is 24.3 Å². The first-order valence-corrected chi connectivity index (χ1v) is 6.24. The number of nitrogens with one attached hydrogen (secondary N) is 2. The molecule has 0 saturated carbocycles. The lowest BCUT2D eigenvalue weighted by atomic mass is 10.1. The summed E-state index contributed by atoms with van der Waals surface area (Å²) >= 11 is 0. The van der Waals surface area contributed by atoms with E-state index in [0.29, 0.717) is 13.2 Å². The molecule has 0 bridgehead atoms. The molecule has 1 amide bonds. The molecule has 2 N–H and O–H groups in total. The number of alkyl halides is 3. The smallest absolute Gasteiger partial charge is 0.375 e. The van der Waals surface area contributed by atoms with E-state index in [2.05, 4.69) is 10.6 Å². The van der Waals surface area contributed by atoms with Crippen LogP contribution in [0.2, 0.25) is 0 Å². The van der Waals surface area contributed by atoms with Crippen LogP contribution in [0.4, 0.5) is 18.9 Å². The molecule has 0 radical (unpaired) electrons. The number of rotatable bonds is 3. The van der Waals surface area contributed by atoms with Crippen LogP contribution in [0.25, 0.3) is 0 Å². The normalized spacial score (nSPS) is 18.7. The van der Waals surface area contributed by atoms with Gasteiger partial charge in [-0.3, -0.25) is 4.79 Å². The molecule has 0 spiro atoms. The Labute approximate surface area is 126 Å². The minimum Gasteiger partial charge on any atom is -0.375 e. The third-order valence-corrected chi connectivity index (χ3v) is 2.89. The molecular weight excluding hydrogens is 309 g/mol. The second-order valence-corrected chi connectivity index (χ2v) is 4.53. The van der Waals surface area contributed by atoms with Crippen molar-refractivity contribution in [2.24, 2.45) is 0 Å². The standard InChI is InChI=1S/C13H15F3N2O2.ClH/c14-13(15,16)9-2-1-3-10(6-9)18-12(19)7-11-8-17-4-5-20-11;/h1-3,6,11,17H,4-5,7-8H2,(H,18,19);1H. The van der Waals surface area contributed by atoms with Gasteiger partial charge in [0.2, 0.25) is 5.91 Å². The SMILES string of the molecule is Cl.O=C(CC1CNCCO1)Nc1cccc(C(F)(F)F)c1. The molecule has 2 rings (SSSR count). The summed E-state index contributed by atoms with van der Waals surface area (Å²) in [4.78, 5) is 11.7. The molecule has 4 nitrogen and oxygen atoms in total. The van der Waals surface area contributed by atoms with E-state index in [1.165, 1.54) is 12.1 Å². The van der Waals surface area contributed by atoms with E-state index in [9.17, 15) is 18.0 Å². The van der Waals surface area contributed by atoms with Crippen LogP contribution >= 0.6 is 12.4 Å². The maximum Gasteiger partial charge on any atom is 0.416 e. The summed E-state index contributed by atoms with van der Waals surface area (Å²) < 4.78 is 43.0. The summed E-state index contributed by atoms with van der Waals surface area (Å²) in [5.74, 6) is -0.363. The molecule has 0 aliphatic carbocycles. The molecule has 1 unspecified atom stereocenters. The Morgan fingerprint density at radius 2 is 2.19 bits per heavy atom. The van der Waals surface area contributed by atoms with Crippen molar-refractivity contribution in [1.29, 1.82) is 0 Å². The van der Waals surface area contributed by atoms with Gasteiger partial charge in [0.05, 0.1) is 24.7 Å². The molecule has 118 valence electrons. The summed E-state index contributed by atoms with van der Waals surface area (Å²) in [6.07, 6.45) is -4.55. The molecule has 1 aliphatic heterocycles. The van der Waals surface area contributed by atoms with Gasteiger partial charge in [0, 0.05) is 18.8 Å². The average molecular weight is 325 g/mol. The molecule has 1 aromatic carbocycles. The van der Waals surface area contributed by atoms with Crippen LogP contribution in [-0.2, 0) is 15.7 Å². The van der Waals surface area contributed by atoms with Crippen molar-refractivity contribution in [3.8, 4) is 0 Å². The lowest BCUT2D eigenvalue weighted by Crippen LogP contribution is -2.40. The van der Waals surface area contributed by atoms with Gasteiger partial charge in [-0.05, 0) is 18.2 Å². The van der Waals surface area contributed by atoms with Gasteiger partial charge in [-0.15, -0.1) is 12.4 Å². The highest BCUT2D eigenvalue weighted by Crippen LogP contribution is 2.30. The van der Waals surface area contributed by atoms with Crippen molar-refractivity contribution in [2.45, 2.75) is 18.7 Å². The second-order valence-electron chi connectivity index (χ2n) is 4.53. The Hall–Kier alpha value is -1.31. The fraction of sp³-hybridized carbons (Fsp3) is 0.462. The largest absolute Gasteiger partial charge is 0.416 e. The van der Waals surface area contributed by atoms with Crippen molar-refractivity contribution in [1.82, 2.24) is 5.32 Å². The zero-order chi connectivity index (χ0) is 14.6. The number of ether oxygens (including phenoxy) is 1. The number of benzene rings is 1. The number of hydrogen-bond acceptors (Lipinski definition) is 3. The molecule has 1 atom stereocenters. The summed E-state index contributed by atoms with van der Waals surface area (Å²) in [5, 5.41) is 5.53. The first kappa shape index (κ1) is 17.7. The van der Waals surface area contributed by atoms with Crippen molar-refractivity contribution < 1.29 is 22.7 Å². The zero-order valence-corrected chi connectivity index (χ0v) is 11.9. The number of halogens is 4. The van der Waals surface area contributed by atoms with E-state index in [1.54, 1.807) is 0 Å². The highest BCUT2D eigenvalue weighted by Gasteiger charge is 2.30. The minimum absolute atomic E-state index is 0. The van der Waals surface area contributed by atoms with Crippen LogP contribution in [-0.4, -0.2) is 31.7 Å². The number of amides is 1. The van der Waals surface area contributed by atoms with Gasteiger partial charge in [-0.2, -0.15) is 13.2 Å². The van der Waals surface area contributed by atoms with Crippen molar-refractivity contribution >= 4 is 24.0 Å². The number of carbonyl (C=O) groups excluding carboxylic acids is 1. The molecule has 21 heavy (non-hydrogen) atoms. The van der Waals surface area contributed by atoms with E-state index in [-0.39, 0.29) is 36.5 Å². The van der Waals surface area contributed by atoms with Crippen molar-refractivity contribution in [3.05, 3.63) is 29.8 Å². The molecule has 1 saturated heterocycles. The number of anilines is 1. The predicted molar refractivity (Wildman–Crippen MR) is 74.5 cm³/mol. The Morgan fingerprint density at radius 1 is 1.43 bits per heavy atom. The molecule has 1 fully saturated rings. The lowest BCUT2D eigenvalue weighted by Gasteiger charge is -2.23. The van der Waals surface area contributed by atoms with E-state index in [0.717, 1.165) is 18.7 Å². The maximum absolute atomic E-state index is 12.5. The van der Waals surface area contributed by atoms with Gasteiger partial charge in [0.25, 0.3) is 0 Å². The highest BCUT2D eigenvalue weighted by molar-refractivity contribution is 5.91. The van der Waals surface area contributed by atoms with Gasteiger partial charge in [0.1, 0.15) is 0 Å². The third kappa shape index (κ3) is 5.53. The van der Waals surface area contributed by atoms with Gasteiger partial charge >= 0.3 is 6.18 Å². The van der Waals surface area contributed by atoms with E-state index in [1.807, 2.05) is 0 Å². The Bertz CT molecular complexity index is 477. The maximum atomic E-state index is 12.5. The topological polar surface area (TPSA) is 50.4 Å². The molecule has 1 heterocycles. The molecule has 0 aromatic heterocycles. The fourth-order valence-electron chi connectivity index (χ4n) is 1.94. The summed E-state index contributed by atoms with van der Waals surface area (Å²) in [7, 11) is 0. The molecule has 1 aromatic rings. The highest BCUT2D eigenvalue weighted by atomic mass is 35.5. The number of hydrogen-bond donors (Lipinski definition) is 2. The Kier molecular flexibility index (Phi) is 6.44. The summed E-state index contributed by atoms with van der Waals surface area (Å²) in [5.41, 5.74) is -0.653. The van der Waals surface area contributed by atoms with Gasteiger partial charge in [-0.1, -0.05) is 6.07 Å². The van der Waals surface area contributed by atoms with Crippen molar-refractivity contribution in [2.75, 3.05) is 25.0 Å². The van der Waals surface area contributed by atoms with Crippen LogP contribution in [0.1, 0.15) is 12.0 Å². The summed E-state index contributed by atoms with van der Waals surface area (Å²) in [6, 6.07) is 4.56. The fourth-order valence-corrected chi connectivity index (χ4v) is 1.94. The Balaban J connectivity index is 0.00000220. The zero-order valence-electron chi connectivity index (χ0n) is 11.1. The molecule has 8 heteroatoms. The quantitative estimate of drug-likeness (QED) is 0.898. The van der Waals surface area contributed by atoms with Crippen LogP contribution in [0, 0.1) is 0 Å². The summed E-state index contributed by atoms with van der Waals surface area (Å²) in [6.45, 7) is 1.84. The number of carbonyl (C=O) groups is 1. The van der Waals surface area contributed by atoms with E-state index in [4.69, 9.17) is 4.74 Å². The molecular formula is C13H16ClF3N2O2. The number of morpholine rings is 1. The average Bonchev–Trinajstić information content (AvgIpc) is 2.39. The minimum atomic E-state index is -4.42. The van der Waals surface area contributed by atoms with Crippen molar-refractivity contribution in [3.63, 3.8) is 0 Å². The Morgan fingerprint density at radius 3 is 2.81 bits per heavy atom. The first-order chi connectivity index (χ1) is 9.45. The van der Waals surface area contributed by atoms with E-state index >= 15 is 0 Å². The molecule has 1 aliphatic rings. The predicted octanol–water partition coefficient (Wildman–Crippen LogP) is 2.44. The van der Waals surface area contributed by atoms with E-state index < -0.39 is 11.7 Å². The van der Waals surface area contributed by atoms with Crippen LogP contribution in [0.3, 0.4) is 0 Å². The van der Waals surface area contributed by atoms with Crippen LogP contribution < -0.4 is 10.6 Å². The van der Waals surface area contributed by atoms with Gasteiger partial charge in [-0.25, -0.2) is 0 Å².